The number of alkyl halides is 3. The van der Waals surface area contributed by atoms with Gasteiger partial charge in [0.2, 0.25) is 10.0 Å². The van der Waals surface area contributed by atoms with Gasteiger partial charge in [0.1, 0.15) is 17.8 Å². The lowest BCUT2D eigenvalue weighted by molar-refractivity contribution is -0.182. The van der Waals surface area contributed by atoms with E-state index in [1.165, 1.54) is 10.6 Å². The van der Waals surface area contributed by atoms with Crippen molar-refractivity contribution in [3.8, 4) is 0 Å². The van der Waals surface area contributed by atoms with Crippen LogP contribution in [0.2, 0.25) is 0 Å². The Morgan fingerprint density at radius 1 is 1.24 bits per heavy atom. The molecule has 2 fully saturated rings. The number of H-pyrrole nitrogens is 1. The lowest BCUT2D eigenvalue weighted by Crippen LogP contribution is -2.48. The Balaban J connectivity index is 1.32. The maximum atomic E-state index is 12.8. The third kappa shape index (κ3) is 4.07. The van der Waals surface area contributed by atoms with Crippen LogP contribution in [0.25, 0.3) is 11.0 Å². The third-order valence-electron chi connectivity index (χ3n) is 6.18. The summed E-state index contributed by atoms with van der Waals surface area (Å²) in [6, 6.07) is 2.09. The molecule has 4 rings (SSSR count). The number of nitrogens with zero attached hydrogens (tertiary/aromatic N) is 4. The van der Waals surface area contributed by atoms with Gasteiger partial charge in [-0.3, -0.25) is 0 Å². The number of hydrogen-bond acceptors (Lipinski definition) is 5. The fourth-order valence-electron chi connectivity index (χ4n) is 4.33. The SMILES string of the molecule is CN(c1ncnc2[nH]ccc12)[C@H]1C[C@@H](CS(=O)(=O)N2CCC(C(F)(F)F)CC2)C1. The molecule has 3 heterocycles. The Kier molecular flexibility index (Phi) is 5.22. The third-order valence-corrected chi connectivity index (χ3v) is 8.23. The average molecular weight is 431 g/mol. The molecular formula is C18H24F3N5O2S. The van der Waals surface area contributed by atoms with E-state index in [0.29, 0.717) is 12.8 Å². The molecule has 11 heteroatoms. The van der Waals surface area contributed by atoms with Crippen molar-refractivity contribution in [1.82, 2.24) is 19.3 Å². The highest BCUT2D eigenvalue weighted by Crippen LogP contribution is 2.38. The smallest absolute Gasteiger partial charge is 0.356 e. The monoisotopic (exact) mass is 431 g/mol. The number of hydrogen-bond donors (Lipinski definition) is 1. The number of fused-ring (bicyclic) bond motifs is 1. The van der Waals surface area contributed by atoms with E-state index in [1.54, 1.807) is 6.20 Å². The van der Waals surface area contributed by atoms with Gasteiger partial charge in [-0.15, -0.1) is 0 Å². The van der Waals surface area contributed by atoms with Crippen molar-refractivity contribution >= 4 is 26.9 Å². The van der Waals surface area contributed by atoms with Crippen LogP contribution < -0.4 is 4.90 Å². The van der Waals surface area contributed by atoms with E-state index in [0.717, 1.165) is 16.9 Å². The van der Waals surface area contributed by atoms with E-state index in [1.807, 2.05) is 13.1 Å². The van der Waals surface area contributed by atoms with Crippen LogP contribution in [-0.4, -0.2) is 65.8 Å². The van der Waals surface area contributed by atoms with Crippen LogP contribution in [-0.2, 0) is 10.0 Å². The number of halogens is 3. The van der Waals surface area contributed by atoms with Crippen molar-refractivity contribution in [2.45, 2.75) is 37.9 Å². The van der Waals surface area contributed by atoms with Crippen LogP contribution in [0.4, 0.5) is 19.0 Å². The Morgan fingerprint density at radius 3 is 2.59 bits per heavy atom. The molecule has 1 aliphatic carbocycles. The van der Waals surface area contributed by atoms with Crippen LogP contribution in [0.5, 0.6) is 0 Å². The molecule has 1 saturated heterocycles. The Morgan fingerprint density at radius 2 is 1.93 bits per heavy atom. The fraction of sp³-hybridized carbons (Fsp3) is 0.667. The fourth-order valence-corrected chi connectivity index (χ4v) is 6.18. The van der Waals surface area contributed by atoms with E-state index in [9.17, 15) is 21.6 Å². The molecular weight excluding hydrogens is 407 g/mol. The summed E-state index contributed by atoms with van der Waals surface area (Å²) < 4.78 is 64.9. The highest BCUT2D eigenvalue weighted by molar-refractivity contribution is 7.89. The van der Waals surface area contributed by atoms with Crippen LogP contribution in [0.1, 0.15) is 25.7 Å². The summed E-state index contributed by atoms with van der Waals surface area (Å²) in [5, 5.41) is 0.915. The zero-order chi connectivity index (χ0) is 20.8. The largest absolute Gasteiger partial charge is 0.391 e. The maximum Gasteiger partial charge on any atom is 0.391 e. The Labute approximate surface area is 167 Å². The summed E-state index contributed by atoms with van der Waals surface area (Å²) in [4.78, 5) is 13.6. The number of piperidine rings is 1. The molecule has 0 aromatic carbocycles. The first-order valence-corrected chi connectivity index (χ1v) is 11.3. The zero-order valence-corrected chi connectivity index (χ0v) is 16.9. The van der Waals surface area contributed by atoms with Crippen LogP contribution in [0, 0.1) is 11.8 Å². The molecule has 7 nitrogen and oxygen atoms in total. The van der Waals surface area contributed by atoms with Gasteiger partial charge in [0.15, 0.2) is 0 Å². The van der Waals surface area contributed by atoms with Crippen molar-refractivity contribution in [1.29, 1.82) is 0 Å². The minimum absolute atomic E-state index is 0.00262. The van der Waals surface area contributed by atoms with Crippen LogP contribution in [0.3, 0.4) is 0 Å². The van der Waals surface area contributed by atoms with Crippen molar-refractivity contribution in [3.63, 3.8) is 0 Å². The quantitative estimate of drug-likeness (QED) is 0.787. The second-order valence-electron chi connectivity index (χ2n) is 8.03. The first kappa shape index (κ1) is 20.4. The minimum atomic E-state index is -4.24. The molecule has 29 heavy (non-hydrogen) atoms. The lowest BCUT2D eigenvalue weighted by Gasteiger charge is -2.42. The van der Waals surface area contributed by atoms with E-state index in [-0.39, 0.29) is 43.6 Å². The molecule has 0 spiro atoms. The molecule has 0 amide bonds. The highest BCUT2D eigenvalue weighted by atomic mass is 32.2. The first-order chi connectivity index (χ1) is 13.6. The molecule has 0 radical (unpaired) electrons. The van der Waals surface area contributed by atoms with Gasteiger partial charge >= 0.3 is 6.18 Å². The maximum absolute atomic E-state index is 12.8. The van der Waals surface area contributed by atoms with Gasteiger partial charge < -0.3 is 9.88 Å². The van der Waals surface area contributed by atoms with Crippen molar-refractivity contribution in [2.75, 3.05) is 30.8 Å². The van der Waals surface area contributed by atoms with Gasteiger partial charge in [-0.2, -0.15) is 13.2 Å². The van der Waals surface area contributed by atoms with Crippen molar-refractivity contribution in [2.24, 2.45) is 11.8 Å². The summed E-state index contributed by atoms with van der Waals surface area (Å²) in [5.74, 6) is -0.584. The molecule has 160 valence electrons. The van der Waals surface area contributed by atoms with Gasteiger partial charge in [-0.25, -0.2) is 22.7 Å². The Bertz CT molecular complexity index is 963. The van der Waals surface area contributed by atoms with E-state index >= 15 is 0 Å². The second kappa shape index (κ2) is 7.42. The molecule has 0 unspecified atom stereocenters. The number of aromatic nitrogens is 3. The van der Waals surface area contributed by atoms with Crippen molar-refractivity contribution < 1.29 is 21.6 Å². The second-order valence-corrected chi connectivity index (χ2v) is 10.0. The van der Waals surface area contributed by atoms with Gasteiger partial charge in [-0.05, 0) is 37.7 Å². The molecule has 0 atom stereocenters. The summed E-state index contributed by atoms with van der Waals surface area (Å²) in [6.07, 6.45) is 0.172. The number of nitrogens with one attached hydrogen (secondary N) is 1. The number of aromatic amines is 1. The van der Waals surface area contributed by atoms with Crippen LogP contribution in [0.15, 0.2) is 18.6 Å². The van der Waals surface area contributed by atoms with Gasteiger partial charge in [-0.1, -0.05) is 0 Å². The predicted molar refractivity (Wildman–Crippen MR) is 103 cm³/mol. The summed E-state index contributed by atoms with van der Waals surface area (Å²) in [6.45, 7) is -0.0933. The first-order valence-electron chi connectivity index (χ1n) is 9.70. The molecule has 2 aromatic heterocycles. The molecule has 1 aliphatic heterocycles. The molecule has 1 saturated carbocycles. The number of rotatable bonds is 5. The van der Waals surface area contributed by atoms with Gasteiger partial charge in [0, 0.05) is 32.4 Å². The molecule has 1 N–H and O–H groups in total. The van der Waals surface area contributed by atoms with Gasteiger partial charge in [0.05, 0.1) is 17.1 Å². The average Bonchev–Trinajstić information content (AvgIpc) is 3.12. The number of anilines is 1. The normalized spacial score (nSPS) is 24.6. The topological polar surface area (TPSA) is 82.2 Å². The standard InChI is InChI=1S/C18H24F3N5O2S/c1-25(17-15-2-5-22-16(15)23-11-24-17)14-8-12(9-14)10-29(27,28)26-6-3-13(4-7-26)18(19,20)21/h2,5,11-14H,3-4,6-10H2,1H3,(H,22,23,24)/t12-,14+. The summed E-state index contributed by atoms with van der Waals surface area (Å²) in [5.41, 5.74) is 0.752. The Hall–Kier alpha value is -1.88. The highest BCUT2D eigenvalue weighted by Gasteiger charge is 2.44. The van der Waals surface area contributed by atoms with E-state index < -0.39 is 22.1 Å². The molecule has 2 aromatic rings. The number of sulfonamides is 1. The van der Waals surface area contributed by atoms with E-state index in [2.05, 4.69) is 19.9 Å². The zero-order valence-electron chi connectivity index (χ0n) is 16.1. The lowest BCUT2D eigenvalue weighted by atomic mass is 9.81. The summed E-state index contributed by atoms with van der Waals surface area (Å²) >= 11 is 0. The summed E-state index contributed by atoms with van der Waals surface area (Å²) in [7, 11) is -1.60. The predicted octanol–water partition coefficient (Wildman–Crippen LogP) is 2.78. The van der Waals surface area contributed by atoms with Gasteiger partial charge in [0.25, 0.3) is 0 Å². The molecule has 2 aliphatic rings. The van der Waals surface area contributed by atoms with E-state index in [4.69, 9.17) is 0 Å². The minimum Gasteiger partial charge on any atom is -0.356 e. The van der Waals surface area contributed by atoms with Crippen LogP contribution >= 0.6 is 0 Å². The molecule has 0 bridgehead atoms. The van der Waals surface area contributed by atoms with Crippen molar-refractivity contribution in [3.05, 3.63) is 18.6 Å².